The van der Waals surface area contributed by atoms with Crippen LogP contribution in [0.1, 0.15) is 6.92 Å². The highest BCUT2D eigenvalue weighted by atomic mass is 32.2. The van der Waals surface area contributed by atoms with Crippen LogP contribution in [0.3, 0.4) is 0 Å². The zero-order chi connectivity index (χ0) is 20.4. The van der Waals surface area contributed by atoms with Crippen molar-refractivity contribution in [1.82, 2.24) is 15.5 Å². The van der Waals surface area contributed by atoms with Crippen molar-refractivity contribution in [2.24, 2.45) is 0 Å². The number of benzene rings is 1. The molecule has 150 valence electrons. The van der Waals surface area contributed by atoms with Gasteiger partial charge in [0, 0.05) is 5.69 Å². The van der Waals surface area contributed by atoms with E-state index in [0.717, 1.165) is 23.1 Å². The van der Waals surface area contributed by atoms with E-state index in [2.05, 4.69) is 26.1 Å². The van der Waals surface area contributed by atoms with Crippen molar-refractivity contribution in [2.75, 3.05) is 36.6 Å². The summed E-state index contributed by atoms with van der Waals surface area (Å²) in [6.07, 6.45) is 0. The van der Waals surface area contributed by atoms with Crippen molar-refractivity contribution in [2.45, 2.75) is 11.3 Å². The Morgan fingerprint density at radius 2 is 1.89 bits per heavy atom. The molecule has 0 radical (unpaired) electrons. The second-order valence-electron chi connectivity index (χ2n) is 5.05. The van der Waals surface area contributed by atoms with Gasteiger partial charge in [0.2, 0.25) is 11.0 Å². The predicted molar refractivity (Wildman–Crippen MR) is 106 cm³/mol. The Balaban J connectivity index is 1.74. The Kier molecular flexibility index (Phi) is 8.49. The number of aromatic nitrogens is 2. The molecule has 12 heteroatoms. The topological polar surface area (TPSA) is 132 Å². The van der Waals surface area contributed by atoms with Crippen LogP contribution >= 0.6 is 23.1 Å². The number of carbonyl (C=O) groups is 3. The van der Waals surface area contributed by atoms with E-state index in [0.29, 0.717) is 20.9 Å². The molecule has 0 saturated heterocycles. The molecular formula is C16H19N5O5S2. The van der Waals surface area contributed by atoms with Gasteiger partial charge in [-0.15, -0.1) is 10.2 Å². The SMILES string of the molecule is CCOC(=O)CNC(=O)CSc1nnc(NC(=O)Nc2ccc(OC)cc2)s1. The number of hydrogen-bond donors (Lipinski definition) is 3. The summed E-state index contributed by atoms with van der Waals surface area (Å²) < 4.78 is 10.3. The predicted octanol–water partition coefficient (Wildman–Crippen LogP) is 1.96. The maximum atomic E-state index is 12.0. The maximum Gasteiger partial charge on any atom is 0.325 e. The molecule has 3 amide bonds. The van der Waals surface area contributed by atoms with Crippen molar-refractivity contribution in [1.29, 1.82) is 0 Å². The Morgan fingerprint density at radius 3 is 2.57 bits per heavy atom. The number of methoxy groups -OCH3 is 1. The van der Waals surface area contributed by atoms with Gasteiger partial charge in [0.15, 0.2) is 4.34 Å². The quantitative estimate of drug-likeness (QED) is 0.316. The van der Waals surface area contributed by atoms with Crippen LogP contribution in [0.4, 0.5) is 15.6 Å². The van der Waals surface area contributed by atoms with Crippen LogP contribution in [0.5, 0.6) is 5.75 Å². The van der Waals surface area contributed by atoms with E-state index in [1.807, 2.05) is 0 Å². The number of ether oxygens (including phenoxy) is 2. The van der Waals surface area contributed by atoms with Gasteiger partial charge in [0.1, 0.15) is 12.3 Å². The lowest BCUT2D eigenvalue weighted by molar-refractivity contribution is -0.143. The molecule has 1 heterocycles. The first-order valence-corrected chi connectivity index (χ1v) is 9.91. The lowest BCUT2D eigenvalue weighted by Crippen LogP contribution is -2.31. The lowest BCUT2D eigenvalue weighted by atomic mass is 10.3. The fourth-order valence-corrected chi connectivity index (χ4v) is 3.39. The van der Waals surface area contributed by atoms with Crippen molar-refractivity contribution in [3.63, 3.8) is 0 Å². The van der Waals surface area contributed by atoms with Crippen LogP contribution in [0.25, 0.3) is 0 Å². The number of esters is 1. The summed E-state index contributed by atoms with van der Waals surface area (Å²) in [5.41, 5.74) is 0.593. The average molecular weight is 425 g/mol. The highest BCUT2D eigenvalue weighted by molar-refractivity contribution is 8.01. The first kappa shape index (κ1) is 21.4. The number of nitrogens with one attached hydrogen (secondary N) is 3. The number of amides is 3. The van der Waals surface area contributed by atoms with Crippen molar-refractivity contribution in [3.05, 3.63) is 24.3 Å². The number of anilines is 2. The maximum absolute atomic E-state index is 12.0. The number of rotatable bonds is 9. The summed E-state index contributed by atoms with van der Waals surface area (Å²) in [7, 11) is 1.56. The number of carbonyl (C=O) groups excluding carboxylic acids is 3. The van der Waals surface area contributed by atoms with Crippen LogP contribution in [0, 0.1) is 0 Å². The Morgan fingerprint density at radius 1 is 1.14 bits per heavy atom. The van der Waals surface area contributed by atoms with E-state index < -0.39 is 12.0 Å². The average Bonchev–Trinajstić information content (AvgIpc) is 3.12. The normalized spacial score (nSPS) is 10.1. The van der Waals surface area contributed by atoms with Crippen LogP contribution in [-0.4, -0.2) is 54.1 Å². The molecule has 0 unspecified atom stereocenters. The van der Waals surface area contributed by atoms with Gasteiger partial charge in [-0.25, -0.2) is 4.79 Å². The highest BCUT2D eigenvalue weighted by Gasteiger charge is 2.11. The molecule has 28 heavy (non-hydrogen) atoms. The third-order valence-corrected chi connectivity index (χ3v) is 5.01. The summed E-state index contributed by atoms with van der Waals surface area (Å²) in [6.45, 7) is 1.77. The summed E-state index contributed by atoms with van der Waals surface area (Å²) in [4.78, 5) is 34.8. The first-order valence-electron chi connectivity index (χ1n) is 8.10. The molecule has 0 fully saturated rings. The van der Waals surface area contributed by atoms with E-state index in [1.165, 1.54) is 0 Å². The van der Waals surface area contributed by atoms with Gasteiger partial charge in [-0.05, 0) is 31.2 Å². The molecule has 0 aliphatic heterocycles. The molecule has 0 aliphatic rings. The second kappa shape index (κ2) is 11.1. The first-order chi connectivity index (χ1) is 13.5. The number of urea groups is 1. The van der Waals surface area contributed by atoms with E-state index in [1.54, 1.807) is 38.3 Å². The van der Waals surface area contributed by atoms with Crippen molar-refractivity contribution < 1.29 is 23.9 Å². The molecule has 1 aromatic carbocycles. The molecule has 2 rings (SSSR count). The van der Waals surface area contributed by atoms with E-state index >= 15 is 0 Å². The molecule has 0 aliphatic carbocycles. The fourth-order valence-electron chi connectivity index (χ4n) is 1.81. The van der Waals surface area contributed by atoms with Crippen LogP contribution in [0.2, 0.25) is 0 Å². The van der Waals surface area contributed by atoms with Gasteiger partial charge < -0.3 is 20.1 Å². The highest BCUT2D eigenvalue weighted by Crippen LogP contribution is 2.25. The lowest BCUT2D eigenvalue weighted by Gasteiger charge is -2.05. The summed E-state index contributed by atoms with van der Waals surface area (Å²) in [6, 6.07) is 6.39. The molecular weight excluding hydrogens is 406 g/mol. The van der Waals surface area contributed by atoms with Crippen LogP contribution < -0.4 is 20.7 Å². The Labute approximate surface area is 169 Å². The third kappa shape index (κ3) is 7.40. The molecule has 0 spiro atoms. The van der Waals surface area contributed by atoms with Crippen molar-refractivity contribution >= 4 is 51.8 Å². The van der Waals surface area contributed by atoms with Crippen LogP contribution in [0.15, 0.2) is 28.6 Å². The summed E-state index contributed by atoms with van der Waals surface area (Å²) in [5.74, 6) is -0.0827. The molecule has 1 aromatic heterocycles. The molecule has 0 atom stereocenters. The van der Waals surface area contributed by atoms with Crippen molar-refractivity contribution in [3.8, 4) is 5.75 Å². The Hall–Kier alpha value is -2.86. The van der Waals surface area contributed by atoms with E-state index in [4.69, 9.17) is 9.47 Å². The third-order valence-electron chi connectivity index (χ3n) is 3.04. The number of thioether (sulfide) groups is 1. The minimum absolute atomic E-state index is 0.0616. The van der Waals surface area contributed by atoms with Gasteiger partial charge in [-0.2, -0.15) is 0 Å². The van der Waals surface area contributed by atoms with Gasteiger partial charge in [-0.1, -0.05) is 23.1 Å². The fraction of sp³-hybridized carbons (Fsp3) is 0.312. The molecule has 0 bridgehead atoms. The summed E-state index contributed by atoms with van der Waals surface area (Å²) >= 11 is 2.27. The molecule has 0 saturated carbocycles. The van der Waals surface area contributed by atoms with Gasteiger partial charge in [0.25, 0.3) is 0 Å². The number of nitrogens with zero attached hydrogens (tertiary/aromatic N) is 2. The second-order valence-corrected chi connectivity index (χ2v) is 7.25. The standard InChI is InChI=1S/C16H19N5O5S2/c1-3-26-13(23)8-17-12(22)9-27-16-21-20-15(28-16)19-14(24)18-10-4-6-11(25-2)7-5-10/h4-7H,3,8-9H2,1-2H3,(H,17,22)(H2,18,19,20,24). The zero-order valence-electron chi connectivity index (χ0n) is 15.2. The largest absolute Gasteiger partial charge is 0.497 e. The zero-order valence-corrected chi connectivity index (χ0v) is 16.8. The number of hydrogen-bond acceptors (Lipinski definition) is 9. The summed E-state index contributed by atoms with van der Waals surface area (Å²) in [5, 5.41) is 15.7. The van der Waals surface area contributed by atoms with Crippen LogP contribution in [-0.2, 0) is 14.3 Å². The van der Waals surface area contributed by atoms with Gasteiger partial charge in [-0.3, -0.25) is 14.9 Å². The van der Waals surface area contributed by atoms with Gasteiger partial charge in [0.05, 0.1) is 19.5 Å². The monoisotopic (exact) mass is 425 g/mol. The molecule has 10 nitrogen and oxygen atoms in total. The van der Waals surface area contributed by atoms with E-state index in [9.17, 15) is 14.4 Å². The molecule has 3 N–H and O–H groups in total. The van der Waals surface area contributed by atoms with Gasteiger partial charge >= 0.3 is 12.0 Å². The smallest absolute Gasteiger partial charge is 0.325 e. The Bertz CT molecular complexity index is 812. The molecule has 2 aromatic rings. The minimum Gasteiger partial charge on any atom is -0.497 e. The minimum atomic E-state index is -0.494. The van der Waals surface area contributed by atoms with E-state index in [-0.39, 0.29) is 24.8 Å².